The zero-order valence-electron chi connectivity index (χ0n) is 15.2. The van der Waals surface area contributed by atoms with Gasteiger partial charge in [-0.3, -0.25) is 4.99 Å². The maximum absolute atomic E-state index is 4.47. The summed E-state index contributed by atoms with van der Waals surface area (Å²) in [7, 11) is 1.87. The minimum atomic E-state index is 0. The Bertz CT molecular complexity index is 656. The van der Waals surface area contributed by atoms with Crippen molar-refractivity contribution in [1.29, 1.82) is 0 Å². The van der Waals surface area contributed by atoms with E-state index >= 15 is 0 Å². The minimum absolute atomic E-state index is 0. The summed E-state index contributed by atoms with van der Waals surface area (Å²) < 4.78 is 1.87. The Hall–Kier alpha value is -1.57. The third-order valence-electron chi connectivity index (χ3n) is 4.54. The fraction of sp³-hybridized carbons (Fsp3) is 0.474. The molecule has 0 spiro atoms. The van der Waals surface area contributed by atoms with Gasteiger partial charge in [0.05, 0.1) is 5.69 Å². The average molecular weight is 453 g/mol. The first kappa shape index (κ1) is 19.8. The smallest absolute Gasteiger partial charge is 0.193 e. The number of aromatic nitrogens is 2. The number of aliphatic imine (C=N–C) groups is 1. The summed E-state index contributed by atoms with van der Waals surface area (Å²) >= 11 is 0. The van der Waals surface area contributed by atoms with Crippen molar-refractivity contribution in [3.8, 4) is 5.69 Å². The van der Waals surface area contributed by atoms with Crippen LogP contribution in [0.2, 0.25) is 0 Å². The summed E-state index contributed by atoms with van der Waals surface area (Å²) in [6.45, 7) is 7.60. The van der Waals surface area contributed by atoms with Crippen LogP contribution in [-0.2, 0) is 6.54 Å². The van der Waals surface area contributed by atoms with Gasteiger partial charge in [0.2, 0.25) is 0 Å². The first-order chi connectivity index (χ1) is 11.7. The number of hydrogen-bond donors (Lipinski definition) is 1. The average Bonchev–Trinajstić information content (AvgIpc) is 3.09. The highest BCUT2D eigenvalue weighted by molar-refractivity contribution is 14.0. The molecule has 1 aliphatic heterocycles. The molecule has 1 aromatic heterocycles. The monoisotopic (exact) mass is 453 g/mol. The molecular formula is C19H28IN5. The van der Waals surface area contributed by atoms with Gasteiger partial charge in [0.1, 0.15) is 0 Å². The second-order valence-corrected chi connectivity index (χ2v) is 6.87. The lowest BCUT2D eigenvalue weighted by Gasteiger charge is -2.37. The minimum Gasteiger partial charge on any atom is -0.352 e. The van der Waals surface area contributed by atoms with Gasteiger partial charge in [0.15, 0.2) is 5.96 Å². The molecule has 3 rings (SSSR count). The van der Waals surface area contributed by atoms with Crippen molar-refractivity contribution in [2.45, 2.75) is 26.8 Å². The van der Waals surface area contributed by atoms with Crippen LogP contribution >= 0.6 is 24.0 Å². The van der Waals surface area contributed by atoms with Crippen LogP contribution in [0.3, 0.4) is 0 Å². The van der Waals surface area contributed by atoms with E-state index in [0.717, 1.165) is 43.1 Å². The first-order valence-corrected chi connectivity index (χ1v) is 8.70. The van der Waals surface area contributed by atoms with Crippen LogP contribution in [0.5, 0.6) is 0 Å². The highest BCUT2D eigenvalue weighted by atomic mass is 127. The third-order valence-corrected chi connectivity index (χ3v) is 4.54. The van der Waals surface area contributed by atoms with Crippen LogP contribution in [-0.4, -0.2) is 40.8 Å². The molecule has 2 atom stereocenters. The quantitative estimate of drug-likeness (QED) is 0.440. The fourth-order valence-electron chi connectivity index (χ4n) is 3.54. The fourth-order valence-corrected chi connectivity index (χ4v) is 3.54. The van der Waals surface area contributed by atoms with E-state index in [1.54, 1.807) is 6.20 Å². The molecule has 2 unspecified atom stereocenters. The van der Waals surface area contributed by atoms with E-state index < -0.39 is 0 Å². The van der Waals surface area contributed by atoms with Crippen LogP contribution in [0.1, 0.15) is 25.8 Å². The van der Waals surface area contributed by atoms with Crippen LogP contribution in [0.25, 0.3) is 5.69 Å². The molecule has 2 heterocycles. The first-order valence-electron chi connectivity index (χ1n) is 8.70. The van der Waals surface area contributed by atoms with Crippen molar-refractivity contribution >= 4 is 29.9 Å². The largest absolute Gasteiger partial charge is 0.352 e. The summed E-state index contributed by atoms with van der Waals surface area (Å²) in [6.07, 6.45) is 5.05. The second-order valence-electron chi connectivity index (χ2n) is 6.87. The van der Waals surface area contributed by atoms with Gasteiger partial charge in [-0.15, -0.1) is 24.0 Å². The van der Waals surface area contributed by atoms with Gasteiger partial charge in [-0.25, -0.2) is 4.68 Å². The summed E-state index contributed by atoms with van der Waals surface area (Å²) in [4.78, 5) is 6.86. The molecule has 1 fully saturated rings. The zero-order chi connectivity index (χ0) is 16.9. The van der Waals surface area contributed by atoms with Crippen LogP contribution in [0.15, 0.2) is 47.7 Å². The summed E-state index contributed by atoms with van der Waals surface area (Å²) in [5.41, 5.74) is 2.32. The predicted octanol–water partition coefficient (Wildman–Crippen LogP) is 3.54. The molecule has 5 nitrogen and oxygen atoms in total. The Kier molecular flexibility index (Phi) is 7.28. The number of halogens is 1. The maximum atomic E-state index is 4.47. The molecule has 0 saturated carbocycles. The van der Waals surface area contributed by atoms with E-state index in [4.69, 9.17) is 0 Å². The van der Waals surface area contributed by atoms with Crippen molar-refractivity contribution in [1.82, 2.24) is 20.0 Å². The van der Waals surface area contributed by atoms with E-state index in [1.165, 1.54) is 12.0 Å². The van der Waals surface area contributed by atoms with Gasteiger partial charge in [0.25, 0.3) is 0 Å². The van der Waals surface area contributed by atoms with Crippen molar-refractivity contribution in [2.75, 3.05) is 20.1 Å². The van der Waals surface area contributed by atoms with E-state index in [2.05, 4.69) is 58.4 Å². The Morgan fingerprint density at radius 2 is 1.88 bits per heavy atom. The molecule has 1 aliphatic rings. The van der Waals surface area contributed by atoms with Gasteiger partial charge in [-0.1, -0.05) is 26.0 Å². The maximum Gasteiger partial charge on any atom is 0.193 e. The van der Waals surface area contributed by atoms with Gasteiger partial charge in [0, 0.05) is 39.1 Å². The van der Waals surface area contributed by atoms with Crippen molar-refractivity contribution in [2.24, 2.45) is 16.8 Å². The Balaban J connectivity index is 0.00000225. The Morgan fingerprint density at radius 3 is 2.44 bits per heavy atom. The molecule has 25 heavy (non-hydrogen) atoms. The number of likely N-dealkylation sites (tertiary alicyclic amines) is 1. The molecule has 0 amide bonds. The predicted molar refractivity (Wildman–Crippen MR) is 114 cm³/mol. The lowest BCUT2D eigenvalue weighted by Crippen LogP contribution is -2.48. The highest BCUT2D eigenvalue weighted by Gasteiger charge is 2.23. The number of rotatable bonds is 3. The van der Waals surface area contributed by atoms with Crippen LogP contribution in [0.4, 0.5) is 0 Å². The molecule has 1 aromatic carbocycles. The van der Waals surface area contributed by atoms with Gasteiger partial charge in [-0.2, -0.15) is 5.10 Å². The van der Waals surface area contributed by atoms with E-state index in [9.17, 15) is 0 Å². The molecule has 136 valence electrons. The van der Waals surface area contributed by atoms with Gasteiger partial charge >= 0.3 is 0 Å². The molecule has 2 aromatic rings. The van der Waals surface area contributed by atoms with E-state index in [-0.39, 0.29) is 24.0 Å². The molecular weight excluding hydrogens is 425 g/mol. The standard InChI is InChI=1S/C19H27N5.HI/c1-15-11-16(2)14-23(13-15)19(20-3)21-12-17-5-7-18(8-6-17)24-10-4-9-22-24;/h4-10,15-16H,11-14H2,1-3H3,(H,20,21);1H. The summed E-state index contributed by atoms with van der Waals surface area (Å²) in [6, 6.07) is 10.4. The second kappa shape index (κ2) is 9.22. The van der Waals surface area contributed by atoms with Gasteiger partial charge in [-0.05, 0) is 42.0 Å². The highest BCUT2D eigenvalue weighted by Crippen LogP contribution is 2.21. The molecule has 0 radical (unpaired) electrons. The third kappa shape index (κ3) is 5.20. The summed E-state index contributed by atoms with van der Waals surface area (Å²) in [5, 5.41) is 7.76. The number of benzene rings is 1. The van der Waals surface area contributed by atoms with Crippen molar-refractivity contribution < 1.29 is 0 Å². The number of nitrogens with zero attached hydrogens (tertiary/aromatic N) is 4. The molecule has 1 saturated heterocycles. The molecule has 6 heteroatoms. The van der Waals surface area contributed by atoms with Crippen LogP contribution < -0.4 is 5.32 Å². The topological polar surface area (TPSA) is 45.5 Å². The van der Waals surface area contributed by atoms with Gasteiger partial charge < -0.3 is 10.2 Å². The zero-order valence-corrected chi connectivity index (χ0v) is 17.6. The number of guanidine groups is 1. The Morgan fingerprint density at radius 1 is 1.20 bits per heavy atom. The van der Waals surface area contributed by atoms with Crippen molar-refractivity contribution in [3.63, 3.8) is 0 Å². The number of hydrogen-bond acceptors (Lipinski definition) is 2. The Labute approximate surface area is 167 Å². The normalized spacial score (nSPS) is 20.9. The number of piperidine rings is 1. The van der Waals surface area contributed by atoms with E-state index in [0.29, 0.717) is 0 Å². The van der Waals surface area contributed by atoms with Crippen molar-refractivity contribution in [3.05, 3.63) is 48.3 Å². The lowest BCUT2D eigenvalue weighted by atomic mass is 9.92. The SMILES string of the molecule is CN=C(NCc1ccc(-n2cccn2)cc1)N1CC(C)CC(C)C1.I. The van der Waals surface area contributed by atoms with Crippen LogP contribution in [0, 0.1) is 11.8 Å². The van der Waals surface area contributed by atoms with E-state index in [1.807, 2.05) is 24.0 Å². The number of nitrogens with one attached hydrogen (secondary N) is 1. The molecule has 0 aliphatic carbocycles. The molecule has 1 N–H and O–H groups in total. The summed E-state index contributed by atoms with van der Waals surface area (Å²) in [5.74, 6) is 2.45. The lowest BCUT2D eigenvalue weighted by molar-refractivity contribution is 0.208. The molecule has 0 bridgehead atoms.